The number of nitrogens with one attached hydrogen (secondary N) is 2. The third-order valence-corrected chi connectivity index (χ3v) is 4.51. The van der Waals surface area contributed by atoms with E-state index in [-0.39, 0.29) is 5.91 Å². The lowest BCUT2D eigenvalue weighted by molar-refractivity contribution is -0.130. The fourth-order valence-electron chi connectivity index (χ4n) is 2.70. The second kappa shape index (κ2) is 12.1. The molecule has 9 heteroatoms. The number of nitrogens with zero attached hydrogens (tertiary/aromatic N) is 4. The molecule has 0 aliphatic heterocycles. The third-order valence-electron chi connectivity index (χ3n) is 4.26. The van der Waals surface area contributed by atoms with E-state index in [2.05, 4.69) is 25.8 Å². The van der Waals surface area contributed by atoms with Crippen molar-refractivity contribution in [2.75, 3.05) is 32.7 Å². The number of hydrogen-bond donors (Lipinski definition) is 2. The topological polar surface area (TPSA) is 95.6 Å². The van der Waals surface area contributed by atoms with Gasteiger partial charge in [-0.3, -0.25) is 9.79 Å². The Morgan fingerprint density at radius 3 is 2.55 bits per heavy atom. The zero-order valence-corrected chi connectivity index (χ0v) is 18.0. The van der Waals surface area contributed by atoms with Crippen LogP contribution >= 0.6 is 11.6 Å². The van der Waals surface area contributed by atoms with Crippen LogP contribution in [0.3, 0.4) is 0 Å². The van der Waals surface area contributed by atoms with E-state index in [1.165, 1.54) is 0 Å². The number of hydrogen-bond acceptors (Lipinski definition) is 5. The lowest BCUT2D eigenvalue weighted by Crippen LogP contribution is -2.40. The summed E-state index contributed by atoms with van der Waals surface area (Å²) in [6, 6.07) is 7.27. The fraction of sp³-hybridized carbons (Fsp3) is 0.500. The molecule has 2 rings (SSSR count). The first-order chi connectivity index (χ1) is 14.1. The summed E-state index contributed by atoms with van der Waals surface area (Å²) in [6.45, 7) is 9.17. The zero-order valence-electron chi connectivity index (χ0n) is 17.2. The number of aromatic nitrogens is 2. The molecule has 0 aliphatic carbocycles. The average molecular weight is 421 g/mol. The van der Waals surface area contributed by atoms with Gasteiger partial charge in [0, 0.05) is 49.6 Å². The second-order valence-corrected chi connectivity index (χ2v) is 6.71. The number of guanidine groups is 1. The minimum Gasteiger partial charge on any atom is -0.357 e. The van der Waals surface area contributed by atoms with E-state index in [4.69, 9.17) is 16.1 Å². The van der Waals surface area contributed by atoms with Gasteiger partial charge in [-0.1, -0.05) is 16.8 Å². The minimum atomic E-state index is 0.138. The number of carbonyl (C=O) groups excluding carboxylic acids is 1. The molecular weight excluding hydrogens is 392 g/mol. The van der Waals surface area contributed by atoms with Crippen molar-refractivity contribution in [3.05, 3.63) is 35.2 Å². The molecular formula is C20H29ClN6O2. The zero-order chi connectivity index (χ0) is 21.1. The van der Waals surface area contributed by atoms with E-state index in [0.717, 1.165) is 25.2 Å². The summed E-state index contributed by atoms with van der Waals surface area (Å²) in [5, 5.41) is 11.0. The molecule has 0 aliphatic rings. The summed E-state index contributed by atoms with van der Waals surface area (Å²) in [4.78, 5) is 22.8. The van der Waals surface area contributed by atoms with Crippen LogP contribution in [0.15, 0.2) is 33.8 Å². The van der Waals surface area contributed by atoms with Crippen molar-refractivity contribution in [1.82, 2.24) is 25.7 Å². The van der Waals surface area contributed by atoms with Crippen LogP contribution in [-0.2, 0) is 11.2 Å². The van der Waals surface area contributed by atoms with E-state index in [9.17, 15) is 4.79 Å². The average Bonchev–Trinajstić information content (AvgIpc) is 3.18. The maximum atomic E-state index is 12.1. The highest BCUT2D eigenvalue weighted by atomic mass is 35.5. The van der Waals surface area contributed by atoms with Crippen LogP contribution in [0.1, 0.15) is 33.1 Å². The Kier molecular flexibility index (Phi) is 9.43. The van der Waals surface area contributed by atoms with Gasteiger partial charge in [0.05, 0.1) is 6.54 Å². The van der Waals surface area contributed by atoms with Crippen molar-refractivity contribution in [3.63, 3.8) is 0 Å². The van der Waals surface area contributed by atoms with Crippen molar-refractivity contribution < 1.29 is 9.32 Å². The van der Waals surface area contributed by atoms with Crippen LogP contribution < -0.4 is 10.6 Å². The monoisotopic (exact) mass is 420 g/mol. The highest BCUT2D eigenvalue weighted by Crippen LogP contribution is 2.18. The molecule has 0 spiro atoms. The van der Waals surface area contributed by atoms with E-state index in [1.54, 1.807) is 12.1 Å². The molecule has 0 saturated carbocycles. The van der Waals surface area contributed by atoms with Gasteiger partial charge < -0.3 is 20.1 Å². The molecule has 2 N–H and O–H groups in total. The quantitative estimate of drug-likeness (QED) is 0.453. The number of carbonyl (C=O) groups is 1. The number of halogens is 1. The van der Waals surface area contributed by atoms with E-state index in [1.807, 2.05) is 37.8 Å². The SMILES string of the molecule is CCNC(=NCCc1nc(-c2ccc(Cl)cc2)no1)NCCC(=O)N(CC)CC. The van der Waals surface area contributed by atoms with Crippen molar-refractivity contribution >= 4 is 23.5 Å². The summed E-state index contributed by atoms with van der Waals surface area (Å²) < 4.78 is 5.30. The first kappa shape index (κ1) is 22.7. The summed E-state index contributed by atoms with van der Waals surface area (Å²) in [5.74, 6) is 1.85. The van der Waals surface area contributed by atoms with Gasteiger partial charge in [0.25, 0.3) is 0 Å². The van der Waals surface area contributed by atoms with Crippen LogP contribution in [0.5, 0.6) is 0 Å². The Morgan fingerprint density at radius 2 is 1.90 bits per heavy atom. The van der Waals surface area contributed by atoms with Gasteiger partial charge in [0.2, 0.25) is 17.6 Å². The summed E-state index contributed by atoms with van der Waals surface area (Å²) in [6.07, 6.45) is 0.954. The lowest BCUT2D eigenvalue weighted by Gasteiger charge is -2.19. The Bertz CT molecular complexity index is 787. The molecule has 0 atom stereocenters. The molecule has 1 amide bonds. The molecule has 2 aromatic rings. The van der Waals surface area contributed by atoms with Crippen molar-refractivity contribution in [2.45, 2.75) is 33.6 Å². The predicted molar refractivity (Wildman–Crippen MR) is 115 cm³/mol. The van der Waals surface area contributed by atoms with Crippen LogP contribution in [0.25, 0.3) is 11.4 Å². The van der Waals surface area contributed by atoms with E-state index in [0.29, 0.717) is 48.6 Å². The largest absolute Gasteiger partial charge is 0.357 e. The molecule has 0 radical (unpaired) electrons. The Hall–Kier alpha value is -2.61. The highest BCUT2D eigenvalue weighted by Gasteiger charge is 2.10. The highest BCUT2D eigenvalue weighted by molar-refractivity contribution is 6.30. The molecule has 0 saturated heterocycles. The van der Waals surface area contributed by atoms with E-state index < -0.39 is 0 Å². The molecule has 29 heavy (non-hydrogen) atoms. The summed E-state index contributed by atoms with van der Waals surface area (Å²) >= 11 is 5.90. The molecule has 1 heterocycles. The second-order valence-electron chi connectivity index (χ2n) is 6.27. The van der Waals surface area contributed by atoms with Crippen molar-refractivity contribution in [2.24, 2.45) is 4.99 Å². The molecule has 0 fully saturated rings. The maximum absolute atomic E-state index is 12.1. The molecule has 0 unspecified atom stereocenters. The van der Waals surface area contributed by atoms with Crippen molar-refractivity contribution in [3.8, 4) is 11.4 Å². The lowest BCUT2D eigenvalue weighted by atomic mass is 10.2. The maximum Gasteiger partial charge on any atom is 0.228 e. The van der Waals surface area contributed by atoms with Gasteiger partial charge in [-0.25, -0.2) is 0 Å². The van der Waals surface area contributed by atoms with Gasteiger partial charge in [-0.2, -0.15) is 4.98 Å². The van der Waals surface area contributed by atoms with Gasteiger partial charge in [-0.05, 0) is 45.0 Å². The van der Waals surface area contributed by atoms with E-state index >= 15 is 0 Å². The normalized spacial score (nSPS) is 11.4. The van der Waals surface area contributed by atoms with Gasteiger partial charge >= 0.3 is 0 Å². The van der Waals surface area contributed by atoms with Gasteiger partial charge in [0.15, 0.2) is 5.96 Å². The molecule has 0 bridgehead atoms. The Morgan fingerprint density at radius 1 is 1.17 bits per heavy atom. The number of amides is 1. The fourth-order valence-corrected chi connectivity index (χ4v) is 2.83. The summed E-state index contributed by atoms with van der Waals surface area (Å²) in [7, 11) is 0. The smallest absolute Gasteiger partial charge is 0.228 e. The Balaban J connectivity index is 1.84. The van der Waals surface area contributed by atoms with Crippen LogP contribution in [0.2, 0.25) is 5.02 Å². The first-order valence-corrected chi connectivity index (χ1v) is 10.3. The molecule has 158 valence electrons. The van der Waals surface area contributed by atoms with Crippen LogP contribution in [0.4, 0.5) is 0 Å². The molecule has 8 nitrogen and oxygen atoms in total. The first-order valence-electron chi connectivity index (χ1n) is 9.95. The van der Waals surface area contributed by atoms with Gasteiger partial charge in [0.1, 0.15) is 0 Å². The minimum absolute atomic E-state index is 0.138. The Labute approximate surface area is 176 Å². The third kappa shape index (κ3) is 7.38. The number of aliphatic imine (C=N–C) groups is 1. The number of benzene rings is 1. The van der Waals surface area contributed by atoms with Crippen LogP contribution in [-0.4, -0.2) is 59.6 Å². The summed E-state index contributed by atoms with van der Waals surface area (Å²) in [5.41, 5.74) is 0.848. The standard InChI is InChI=1S/C20H29ClN6O2/c1-4-22-20(24-14-12-18(28)27(5-2)6-3)23-13-11-17-25-19(26-29-17)15-7-9-16(21)10-8-15/h7-10H,4-6,11-14H2,1-3H3,(H2,22,23,24). The predicted octanol–water partition coefficient (Wildman–Crippen LogP) is 2.75. The van der Waals surface area contributed by atoms with Crippen LogP contribution in [0, 0.1) is 0 Å². The van der Waals surface area contributed by atoms with Gasteiger partial charge in [-0.15, -0.1) is 0 Å². The number of rotatable bonds is 10. The molecule has 1 aromatic heterocycles. The van der Waals surface area contributed by atoms with Crippen molar-refractivity contribution in [1.29, 1.82) is 0 Å². The molecule has 1 aromatic carbocycles.